The Labute approximate surface area is 192 Å². The summed E-state index contributed by atoms with van der Waals surface area (Å²) in [5, 5.41) is 3.28. The summed E-state index contributed by atoms with van der Waals surface area (Å²) in [6, 6.07) is 10.1. The highest BCUT2D eigenvalue weighted by Gasteiger charge is 2.21. The summed E-state index contributed by atoms with van der Waals surface area (Å²) in [5.41, 5.74) is 0.412. The van der Waals surface area contributed by atoms with Gasteiger partial charge in [-0.25, -0.2) is 13.1 Å². The molecule has 0 bridgehead atoms. The second-order valence-electron chi connectivity index (χ2n) is 5.85. The van der Waals surface area contributed by atoms with E-state index in [1.807, 2.05) is 4.72 Å². The Morgan fingerprint density at radius 2 is 1.73 bits per heavy atom. The fraction of sp³-hybridized carbons (Fsp3) is 0.158. The molecule has 0 aliphatic heterocycles. The summed E-state index contributed by atoms with van der Waals surface area (Å²) in [4.78, 5) is 24.2. The van der Waals surface area contributed by atoms with Crippen LogP contribution in [0.1, 0.15) is 5.56 Å². The summed E-state index contributed by atoms with van der Waals surface area (Å²) in [6.45, 7) is -0.220. The van der Waals surface area contributed by atoms with Crippen LogP contribution in [0.4, 0.5) is 0 Å². The van der Waals surface area contributed by atoms with Crippen LogP contribution in [0.5, 0.6) is 5.75 Å². The largest absolute Gasteiger partial charge is 0.496 e. The van der Waals surface area contributed by atoms with Gasteiger partial charge in [-0.15, -0.1) is 0 Å². The minimum absolute atomic E-state index is 0.0193. The van der Waals surface area contributed by atoms with E-state index in [1.54, 1.807) is 18.2 Å². The molecule has 2 rings (SSSR count). The zero-order chi connectivity index (χ0) is 22.3. The summed E-state index contributed by atoms with van der Waals surface area (Å²) in [6.07, 6.45) is 1.39. The van der Waals surface area contributed by atoms with Gasteiger partial charge < -0.3 is 10.1 Å². The Bertz CT molecular complexity index is 1070. The molecule has 0 fully saturated rings. The highest BCUT2D eigenvalue weighted by atomic mass is 79.9. The van der Waals surface area contributed by atoms with Gasteiger partial charge in [-0.2, -0.15) is 0 Å². The molecule has 30 heavy (non-hydrogen) atoms. The zero-order valence-electron chi connectivity index (χ0n) is 15.6. The van der Waals surface area contributed by atoms with Crippen molar-refractivity contribution in [1.29, 1.82) is 0 Å². The number of ether oxygens (including phenoxy) is 1. The molecular weight excluding hydrogens is 519 g/mol. The number of nitrogens with one attached hydrogen (secondary N) is 2. The van der Waals surface area contributed by atoms with Gasteiger partial charge >= 0.3 is 0 Å². The van der Waals surface area contributed by atoms with Gasteiger partial charge in [0.25, 0.3) is 15.9 Å². The van der Waals surface area contributed by atoms with Crippen molar-refractivity contribution in [2.24, 2.45) is 0 Å². The van der Waals surface area contributed by atoms with E-state index in [1.165, 1.54) is 37.5 Å². The number of alkyl halides is 1. The van der Waals surface area contributed by atoms with E-state index < -0.39 is 15.9 Å². The van der Waals surface area contributed by atoms with Crippen LogP contribution in [0.3, 0.4) is 0 Å². The molecule has 0 unspecified atom stereocenters. The molecule has 0 saturated heterocycles. The van der Waals surface area contributed by atoms with Crippen LogP contribution in [-0.2, 0) is 19.6 Å². The van der Waals surface area contributed by atoms with Gasteiger partial charge in [0.1, 0.15) is 5.75 Å². The number of halogens is 3. The maximum absolute atomic E-state index is 12.8. The first-order valence-corrected chi connectivity index (χ1v) is 11.7. The maximum Gasteiger partial charge on any atom is 0.264 e. The molecule has 160 valence electrons. The molecule has 0 saturated carbocycles. The number of carbonyl (C=O) groups is 2. The number of amides is 2. The van der Waals surface area contributed by atoms with E-state index in [4.69, 9.17) is 27.9 Å². The molecule has 0 aliphatic carbocycles. The van der Waals surface area contributed by atoms with Crippen molar-refractivity contribution < 1.29 is 22.7 Å². The van der Waals surface area contributed by atoms with Crippen molar-refractivity contribution in [3.63, 3.8) is 0 Å². The fourth-order valence-corrected chi connectivity index (χ4v) is 3.80. The number of rotatable bonds is 8. The SMILES string of the molecule is COc1ccc(Cl)cc1C=C(CNC(=O)CBr)C(=O)NS(=O)(=O)c1ccc(Cl)cc1. The fourth-order valence-electron chi connectivity index (χ4n) is 2.30. The van der Waals surface area contributed by atoms with Crippen molar-refractivity contribution >= 4 is 67.0 Å². The minimum atomic E-state index is -4.16. The average Bonchev–Trinajstić information content (AvgIpc) is 2.70. The molecule has 0 radical (unpaired) electrons. The number of methoxy groups -OCH3 is 1. The highest BCUT2D eigenvalue weighted by Crippen LogP contribution is 2.25. The summed E-state index contributed by atoms with van der Waals surface area (Å²) in [7, 11) is -2.72. The highest BCUT2D eigenvalue weighted by molar-refractivity contribution is 9.09. The molecule has 2 aromatic carbocycles. The Hall–Kier alpha value is -2.07. The van der Waals surface area contributed by atoms with Crippen LogP contribution in [0.2, 0.25) is 10.0 Å². The van der Waals surface area contributed by atoms with Crippen molar-refractivity contribution in [3.8, 4) is 5.75 Å². The van der Waals surface area contributed by atoms with Crippen molar-refractivity contribution in [2.75, 3.05) is 19.0 Å². The first kappa shape index (κ1) is 24.2. The molecule has 0 aliphatic rings. The lowest BCUT2D eigenvalue weighted by molar-refractivity contribution is -0.118. The second-order valence-corrected chi connectivity index (χ2v) is 8.97. The van der Waals surface area contributed by atoms with Gasteiger partial charge in [-0.3, -0.25) is 9.59 Å². The number of benzene rings is 2. The summed E-state index contributed by atoms with van der Waals surface area (Å²) >= 11 is 14.8. The molecule has 11 heteroatoms. The Balaban J connectivity index is 2.38. The van der Waals surface area contributed by atoms with E-state index in [2.05, 4.69) is 21.2 Å². The van der Waals surface area contributed by atoms with Crippen LogP contribution in [0.15, 0.2) is 52.9 Å². The smallest absolute Gasteiger partial charge is 0.264 e. The Kier molecular flexibility index (Phi) is 8.72. The Morgan fingerprint density at radius 1 is 1.10 bits per heavy atom. The van der Waals surface area contributed by atoms with Gasteiger partial charge in [0, 0.05) is 27.7 Å². The third-order valence-electron chi connectivity index (χ3n) is 3.76. The van der Waals surface area contributed by atoms with E-state index >= 15 is 0 Å². The van der Waals surface area contributed by atoms with Gasteiger partial charge in [0.05, 0.1) is 17.3 Å². The predicted octanol–water partition coefficient (Wildman–Crippen LogP) is 3.40. The first-order chi connectivity index (χ1) is 14.2. The van der Waals surface area contributed by atoms with E-state index in [-0.39, 0.29) is 28.3 Å². The molecule has 2 aromatic rings. The predicted molar refractivity (Wildman–Crippen MR) is 120 cm³/mol. The molecular formula is C19H17BrCl2N2O5S. The topological polar surface area (TPSA) is 102 Å². The minimum Gasteiger partial charge on any atom is -0.496 e. The normalized spacial score (nSPS) is 11.7. The number of hydrogen-bond acceptors (Lipinski definition) is 5. The third kappa shape index (κ3) is 6.73. The standard InChI is InChI=1S/C19H17BrCl2N2O5S/c1-29-17-7-4-15(22)9-12(17)8-13(11-23-18(25)10-20)19(26)24-30(27,28)16-5-2-14(21)3-6-16/h2-9H,10-11H2,1H3,(H,23,25)(H,24,26). The van der Waals surface area contributed by atoms with Crippen LogP contribution in [0, 0.1) is 0 Å². The molecule has 0 heterocycles. The third-order valence-corrected chi connectivity index (χ3v) is 6.10. The van der Waals surface area contributed by atoms with E-state index in [9.17, 15) is 18.0 Å². The van der Waals surface area contributed by atoms with Crippen LogP contribution >= 0.6 is 39.1 Å². The van der Waals surface area contributed by atoms with Crippen LogP contribution in [0.25, 0.3) is 6.08 Å². The maximum atomic E-state index is 12.8. The number of hydrogen-bond donors (Lipinski definition) is 2. The molecule has 0 aromatic heterocycles. The second kappa shape index (κ2) is 10.8. The van der Waals surface area contributed by atoms with Gasteiger partial charge in [0.15, 0.2) is 0 Å². The molecule has 0 atom stereocenters. The van der Waals surface area contributed by atoms with Gasteiger partial charge in [-0.1, -0.05) is 39.1 Å². The quantitative estimate of drug-likeness (QED) is 0.398. The van der Waals surface area contributed by atoms with Crippen LogP contribution < -0.4 is 14.8 Å². The van der Waals surface area contributed by atoms with E-state index in [0.717, 1.165) is 0 Å². The van der Waals surface area contributed by atoms with Crippen LogP contribution in [-0.4, -0.2) is 39.2 Å². The lowest BCUT2D eigenvalue weighted by Gasteiger charge is -2.12. The monoisotopic (exact) mass is 534 g/mol. The molecule has 0 spiro atoms. The van der Waals surface area contributed by atoms with Crippen molar-refractivity contribution in [1.82, 2.24) is 10.0 Å². The average molecular weight is 536 g/mol. The molecule has 7 nitrogen and oxygen atoms in total. The number of carbonyl (C=O) groups excluding carboxylic acids is 2. The van der Waals surface area contributed by atoms with Crippen molar-refractivity contribution in [3.05, 3.63) is 63.6 Å². The lowest BCUT2D eigenvalue weighted by atomic mass is 10.1. The van der Waals surface area contributed by atoms with Gasteiger partial charge in [-0.05, 0) is 48.5 Å². The molecule has 2 N–H and O–H groups in total. The Morgan fingerprint density at radius 3 is 2.33 bits per heavy atom. The lowest BCUT2D eigenvalue weighted by Crippen LogP contribution is -2.36. The van der Waals surface area contributed by atoms with Crippen molar-refractivity contribution in [2.45, 2.75) is 4.90 Å². The number of sulfonamides is 1. The molecule has 2 amide bonds. The summed E-state index contributed by atoms with van der Waals surface area (Å²) in [5.74, 6) is -0.883. The van der Waals surface area contributed by atoms with Gasteiger partial charge in [0.2, 0.25) is 5.91 Å². The first-order valence-electron chi connectivity index (χ1n) is 8.35. The van der Waals surface area contributed by atoms with E-state index in [0.29, 0.717) is 21.4 Å². The summed E-state index contributed by atoms with van der Waals surface area (Å²) < 4.78 is 32.3. The zero-order valence-corrected chi connectivity index (χ0v) is 19.5.